The van der Waals surface area contributed by atoms with Crippen molar-refractivity contribution in [2.75, 3.05) is 11.9 Å². The van der Waals surface area contributed by atoms with Gasteiger partial charge in [-0.2, -0.15) is 0 Å². The van der Waals surface area contributed by atoms with Crippen LogP contribution >= 0.6 is 0 Å². The van der Waals surface area contributed by atoms with Crippen molar-refractivity contribution in [1.82, 2.24) is 4.57 Å². The van der Waals surface area contributed by atoms with E-state index in [2.05, 4.69) is 29.6 Å². The Morgan fingerprint density at radius 1 is 0.811 bits per heavy atom. The number of rotatable bonds is 5. The van der Waals surface area contributed by atoms with Crippen LogP contribution in [0.3, 0.4) is 0 Å². The Bertz CT molecular complexity index is 1730. The Morgan fingerprint density at radius 2 is 1.43 bits per heavy atom. The van der Waals surface area contributed by atoms with Crippen LogP contribution in [-0.4, -0.2) is 28.3 Å². The molecule has 0 atom stereocenters. The number of carboxylic acids is 1. The summed E-state index contributed by atoms with van der Waals surface area (Å²) in [5, 5.41) is 12.9. The van der Waals surface area contributed by atoms with Crippen molar-refractivity contribution in [2.24, 2.45) is 0 Å². The fourth-order valence-electron chi connectivity index (χ4n) is 5.26. The number of ether oxygens (including phenoxy) is 1. The fourth-order valence-corrected chi connectivity index (χ4v) is 5.26. The minimum Gasteiger partial charge on any atom is -0.480 e. The van der Waals surface area contributed by atoms with Gasteiger partial charge in [-0.25, -0.2) is 4.79 Å². The smallest absolute Gasteiger partial charge is 0.411 e. The topological polar surface area (TPSA) is 97.6 Å². The molecule has 7 heteroatoms. The first-order chi connectivity index (χ1) is 18.0. The summed E-state index contributed by atoms with van der Waals surface area (Å²) in [6.07, 6.45) is -0.632. The summed E-state index contributed by atoms with van der Waals surface area (Å²) in [5.74, 6) is -1.08. The van der Waals surface area contributed by atoms with Crippen LogP contribution in [0.15, 0.2) is 95.8 Å². The number of amides is 1. The number of para-hydroxylation sites is 1. The number of nitrogens with zero attached hydrogens (tertiary/aromatic N) is 1. The third-order valence-electron chi connectivity index (χ3n) is 6.85. The van der Waals surface area contributed by atoms with Crippen LogP contribution in [0.5, 0.6) is 0 Å². The summed E-state index contributed by atoms with van der Waals surface area (Å²) >= 11 is 0. The van der Waals surface area contributed by atoms with E-state index in [0.717, 1.165) is 22.3 Å². The van der Waals surface area contributed by atoms with E-state index >= 15 is 0 Å². The van der Waals surface area contributed by atoms with Crippen LogP contribution < -0.4 is 10.7 Å². The maximum absolute atomic E-state index is 13.2. The number of carboxylic acid groups (broad SMARTS) is 1. The quantitative estimate of drug-likeness (QED) is 0.313. The van der Waals surface area contributed by atoms with Crippen LogP contribution in [0.4, 0.5) is 10.5 Å². The number of hydrogen-bond donors (Lipinski definition) is 2. The monoisotopic (exact) mass is 490 g/mol. The van der Waals surface area contributed by atoms with Crippen molar-refractivity contribution in [2.45, 2.75) is 12.5 Å². The molecular weight excluding hydrogens is 468 g/mol. The van der Waals surface area contributed by atoms with Gasteiger partial charge in [0.15, 0.2) is 5.43 Å². The van der Waals surface area contributed by atoms with Gasteiger partial charge < -0.3 is 14.4 Å². The van der Waals surface area contributed by atoms with Gasteiger partial charge in [0.25, 0.3) is 0 Å². The van der Waals surface area contributed by atoms with Gasteiger partial charge in [-0.15, -0.1) is 0 Å². The van der Waals surface area contributed by atoms with Crippen LogP contribution in [-0.2, 0) is 16.1 Å². The highest BCUT2D eigenvalue weighted by atomic mass is 16.5. The lowest BCUT2D eigenvalue weighted by atomic mass is 9.98. The number of aromatic nitrogens is 1. The third kappa shape index (κ3) is 3.90. The maximum Gasteiger partial charge on any atom is 0.411 e. The molecule has 182 valence electrons. The molecule has 0 saturated heterocycles. The van der Waals surface area contributed by atoms with E-state index < -0.39 is 12.1 Å². The van der Waals surface area contributed by atoms with E-state index in [1.54, 1.807) is 47.0 Å². The number of pyridine rings is 1. The number of nitrogens with one attached hydrogen (secondary N) is 1. The van der Waals surface area contributed by atoms with Crippen LogP contribution in [0.2, 0.25) is 0 Å². The highest BCUT2D eigenvalue weighted by molar-refractivity contribution is 5.97. The minimum atomic E-state index is -1.02. The van der Waals surface area contributed by atoms with E-state index in [4.69, 9.17) is 4.74 Å². The normalized spacial score (nSPS) is 12.3. The number of aliphatic carboxylic acids is 1. The molecule has 1 amide bonds. The third-order valence-corrected chi connectivity index (χ3v) is 6.85. The number of carbonyl (C=O) groups is 2. The molecule has 0 aliphatic heterocycles. The maximum atomic E-state index is 13.2. The second kappa shape index (κ2) is 8.95. The lowest BCUT2D eigenvalue weighted by Gasteiger charge is -2.16. The van der Waals surface area contributed by atoms with Crippen LogP contribution in [0, 0.1) is 0 Å². The molecule has 4 aromatic carbocycles. The van der Waals surface area contributed by atoms with E-state index in [-0.39, 0.29) is 24.5 Å². The predicted molar refractivity (Wildman–Crippen MR) is 142 cm³/mol. The van der Waals surface area contributed by atoms with Crippen molar-refractivity contribution in [3.05, 3.63) is 112 Å². The summed E-state index contributed by atoms with van der Waals surface area (Å²) in [6, 6.07) is 27.9. The zero-order valence-electron chi connectivity index (χ0n) is 19.7. The van der Waals surface area contributed by atoms with E-state index in [1.165, 1.54) is 0 Å². The molecule has 0 unspecified atom stereocenters. The molecule has 0 bridgehead atoms. The number of anilines is 1. The molecule has 1 aliphatic carbocycles. The summed E-state index contributed by atoms with van der Waals surface area (Å²) < 4.78 is 7.21. The highest BCUT2D eigenvalue weighted by Gasteiger charge is 2.29. The average molecular weight is 491 g/mol. The fraction of sp³-hybridized carbons (Fsp3) is 0.100. The van der Waals surface area contributed by atoms with Crippen molar-refractivity contribution in [1.29, 1.82) is 0 Å². The predicted octanol–water partition coefficient (Wildman–Crippen LogP) is 5.60. The summed E-state index contributed by atoms with van der Waals surface area (Å²) in [6.45, 7) is -0.125. The Balaban J connectivity index is 1.27. The zero-order valence-corrected chi connectivity index (χ0v) is 19.7. The summed E-state index contributed by atoms with van der Waals surface area (Å²) in [5.41, 5.74) is 5.70. The molecule has 0 saturated carbocycles. The Kier molecular flexibility index (Phi) is 5.45. The van der Waals surface area contributed by atoms with Gasteiger partial charge in [0.05, 0.1) is 11.0 Å². The van der Waals surface area contributed by atoms with Crippen molar-refractivity contribution >= 4 is 39.6 Å². The van der Waals surface area contributed by atoms with Crippen LogP contribution in [0.1, 0.15) is 17.0 Å². The molecule has 1 heterocycles. The summed E-state index contributed by atoms with van der Waals surface area (Å²) in [4.78, 5) is 37.5. The number of hydrogen-bond acceptors (Lipinski definition) is 4. The molecule has 1 aromatic heterocycles. The van der Waals surface area contributed by atoms with Gasteiger partial charge in [-0.1, -0.05) is 60.7 Å². The molecular formula is C30H22N2O5. The van der Waals surface area contributed by atoms with Gasteiger partial charge in [0, 0.05) is 22.4 Å². The van der Waals surface area contributed by atoms with Gasteiger partial charge in [0.1, 0.15) is 13.2 Å². The van der Waals surface area contributed by atoms with E-state index in [9.17, 15) is 19.5 Å². The first kappa shape index (κ1) is 22.5. The van der Waals surface area contributed by atoms with Crippen molar-refractivity contribution in [3.63, 3.8) is 0 Å². The highest BCUT2D eigenvalue weighted by Crippen LogP contribution is 2.44. The molecule has 7 nitrogen and oxygen atoms in total. The molecule has 5 aromatic rings. The zero-order chi connectivity index (χ0) is 25.5. The van der Waals surface area contributed by atoms with Crippen LogP contribution in [0.25, 0.3) is 32.9 Å². The van der Waals surface area contributed by atoms with Gasteiger partial charge in [-0.05, 0) is 52.6 Å². The lowest BCUT2D eigenvalue weighted by Crippen LogP contribution is -2.19. The average Bonchev–Trinajstić information content (AvgIpc) is 3.23. The Hall–Kier alpha value is -4.91. The molecule has 0 spiro atoms. The number of fused-ring (bicyclic) bond motifs is 5. The minimum absolute atomic E-state index is 0.0654. The first-order valence-electron chi connectivity index (χ1n) is 11.9. The number of carbonyl (C=O) groups excluding carboxylic acids is 1. The molecule has 2 N–H and O–H groups in total. The molecule has 1 aliphatic rings. The second-order valence-electron chi connectivity index (χ2n) is 9.01. The van der Waals surface area contributed by atoms with Crippen molar-refractivity contribution in [3.8, 4) is 11.1 Å². The molecule has 6 rings (SSSR count). The van der Waals surface area contributed by atoms with E-state index in [1.807, 2.05) is 24.3 Å². The lowest BCUT2D eigenvalue weighted by molar-refractivity contribution is -0.137. The molecule has 0 fully saturated rings. The Labute approximate surface area is 211 Å². The van der Waals surface area contributed by atoms with E-state index in [0.29, 0.717) is 27.5 Å². The van der Waals surface area contributed by atoms with Crippen molar-refractivity contribution < 1.29 is 19.4 Å². The second-order valence-corrected chi connectivity index (χ2v) is 9.01. The van der Waals surface area contributed by atoms with Gasteiger partial charge in [-0.3, -0.25) is 14.9 Å². The standard InChI is InChI=1S/C30H22N2O5/c33-28(34)16-32-26-12-6-5-11-23(26)29(35)24-15-18(13-14-27(24)32)31-30(36)37-17-25-21-9-3-1-7-19(21)20-8-2-4-10-22(20)25/h1-15,25H,16-17H2,(H,31,36)(H,33,34). The molecule has 0 radical (unpaired) electrons. The molecule has 37 heavy (non-hydrogen) atoms. The van der Waals surface area contributed by atoms with Gasteiger partial charge in [0.2, 0.25) is 0 Å². The largest absolute Gasteiger partial charge is 0.480 e. The SMILES string of the molecule is O=C(O)Cn1c2ccccc2c(=O)c2cc(NC(=O)OCC3c4ccccc4-c4ccccc43)ccc21. The Morgan fingerprint density at radius 3 is 2.14 bits per heavy atom. The first-order valence-corrected chi connectivity index (χ1v) is 11.9. The van der Waals surface area contributed by atoms with Gasteiger partial charge >= 0.3 is 12.1 Å². The number of benzene rings is 4. The summed E-state index contributed by atoms with van der Waals surface area (Å²) in [7, 11) is 0.